The number of carbonyl (C=O) groups is 1. The Bertz CT molecular complexity index is 1060. The molecule has 158 valence electrons. The molecular weight excluding hydrogens is 447 g/mol. The van der Waals surface area contributed by atoms with Crippen LogP contribution < -0.4 is 14.8 Å². The molecule has 10 heteroatoms. The van der Waals surface area contributed by atoms with Crippen molar-refractivity contribution in [1.82, 2.24) is 14.8 Å². The molecular formula is C20H20Cl2N4O3S. The Morgan fingerprint density at radius 2 is 1.83 bits per heavy atom. The average Bonchev–Trinajstić information content (AvgIpc) is 3.17. The van der Waals surface area contributed by atoms with Gasteiger partial charge in [0.1, 0.15) is 0 Å². The summed E-state index contributed by atoms with van der Waals surface area (Å²) in [6, 6.07) is 10.5. The molecule has 1 N–H and O–H groups in total. The number of methoxy groups -OCH3 is 2. The third-order valence-corrected chi connectivity index (χ3v) is 5.92. The number of benzene rings is 2. The van der Waals surface area contributed by atoms with Crippen molar-refractivity contribution < 1.29 is 14.3 Å². The van der Waals surface area contributed by atoms with E-state index >= 15 is 0 Å². The lowest BCUT2D eigenvalue weighted by Gasteiger charge is -2.11. The minimum Gasteiger partial charge on any atom is -0.493 e. The maximum atomic E-state index is 12.3. The van der Waals surface area contributed by atoms with Crippen LogP contribution in [0.25, 0.3) is 11.4 Å². The van der Waals surface area contributed by atoms with Crippen LogP contribution in [0.1, 0.15) is 6.92 Å². The molecule has 1 amide bonds. The third kappa shape index (κ3) is 5.00. The van der Waals surface area contributed by atoms with Gasteiger partial charge >= 0.3 is 0 Å². The molecule has 0 bridgehead atoms. The van der Waals surface area contributed by atoms with Crippen LogP contribution in [-0.4, -0.2) is 40.6 Å². The van der Waals surface area contributed by atoms with Crippen LogP contribution in [0.3, 0.4) is 0 Å². The van der Waals surface area contributed by atoms with E-state index in [1.54, 1.807) is 32.4 Å². The van der Waals surface area contributed by atoms with Gasteiger partial charge in [0.15, 0.2) is 22.5 Å². The fourth-order valence-corrected chi connectivity index (χ4v) is 3.87. The molecule has 7 nitrogen and oxygen atoms in total. The first-order valence-electron chi connectivity index (χ1n) is 9.00. The molecule has 2 aromatic carbocycles. The van der Waals surface area contributed by atoms with Crippen molar-refractivity contribution in [3.05, 3.63) is 46.4 Å². The van der Waals surface area contributed by atoms with Crippen molar-refractivity contribution >= 4 is 46.6 Å². The van der Waals surface area contributed by atoms with Crippen LogP contribution in [0.5, 0.6) is 11.5 Å². The Kier molecular flexibility index (Phi) is 7.47. The van der Waals surface area contributed by atoms with E-state index < -0.39 is 0 Å². The van der Waals surface area contributed by atoms with E-state index in [4.69, 9.17) is 32.7 Å². The molecule has 0 saturated carbocycles. The molecule has 0 spiro atoms. The number of nitrogens with one attached hydrogen (secondary N) is 1. The summed E-state index contributed by atoms with van der Waals surface area (Å²) in [5.41, 5.74) is 1.42. The quantitative estimate of drug-likeness (QED) is 0.469. The van der Waals surface area contributed by atoms with Crippen molar-refractivity contribution in [2.75, 3.05) is 25.3 Å². The SMILES string of the molecule is CCn1c(SCC(=O)Nc2ccc(Cl)c(Cl)c2)nnc1-c1ccc(OC)c(OC)c1. The van der Waals surface area contributed by atoms with E-state index in [0.29, 0.717) is 44.8 Å². The molecule has 0 aliphatic carbocycles. The Hall–Kier alpha value is -2.42. The van der Waals surface area contributed by atoms with E-state index in [-0.39, 0.29) is 11.7 Å². The number of aromatic nitrogens is 3. The van der Waals surface area contributed by atoms with Gasteiger partial charge in [-0.15, -0.1) is 10.2 Å². The van der Waals surface area contributed by atoms with Crippen molar-refractivity contribution in [1.29, 1.82) is 0 Å². The molecule has 3 aromatic rings. The second-order valence-electron chi connectivity index (χ2n) is 6.09. The van der Waals surface area contributed by atoms with Crippen molar-refractivity contribution in [3.8, 4) is 22.9 Å². The van der Waals surface area contributed by atoms with Crippen LogP contribution in [0, 0.1) is 0 Å². The van der Waals surface area contributed by atoms with Gasteiger partial charge < -0.3 is 19.4 Å². The smallest absolute Gasteiger partial charge is 0.234 e. The summed E-state index contributed by atoms with van der Waals surface area (Å²) in [4.78, 5) is 12.3. The molecule has 1 heterocycles. The van der Waals surface area contributed by atoms with Crippen LogP contribution in [0.2, 0.25) is 10.0 Å². The van der Waals surface area contributed by atoms with E-state index in [9.17, 15) is 4.79 Å². The van der Waals surface area contributed by atoms with Crippen molar-refractivity contribution in [3.63, 3.8) is 0 Å². The Morgan fingerprint density at radius 1 is 1.07 bits per heavy atom. The maximum Gasteiger partial charge on any atom is 0.234 e. The molecule has 0 atom stereocenters. The highest BCUT2D eigenvalue weighted by atomic mass is 35.5. The number of ether oxygens (including phenoxy) is 2. The second kappa shape index (κ2) is 10.1. The molecule has 0 saturated heterocycles. The van der Waals surface area contributed by atoms with E-state index in [1.165, 1.54) is 11.8 Å². The predicted molar refractivity (Wildman–Crippen MR) is 120 cm³/mol. The summed E-state index contributed by atoms with van der Waals surface area (Å²) >= 11 is 13.2. The number of nitrogens with zero attached hydrogens (tertiary/aromatic N) is 3. The predicted octanol–water partition coefficient (Wildman–Crippen LogP) is 5.02. The first-order chi connectivity index (χ1) is 14.5. The Labute approximate surface area is 188 Å². The van der Waals surface area contributed by atoms with Crippen LogP contribution in [-0.2, 0) is 11.3 Å². The monoisotopic (exact) mass is 466 g/mol. The summed E-state index contributed by atoms with van der Waals surface area (Å²) < 4.78 is 12.6. The zero-order chi connectivity index (χ0) is 21.7. The number of hydrogen-bond acceptors (Lipinski definition) is 6. The summed E-state index contributed by atoms with van der Waals surface area (Å²) in [7, 11) is 3.17. The first-order valence-corrected chi connectivity index (χ1v) is 10.7. The zero-order valence-electron chi connectivity index (χ0n) is 16.6. The highest BCUT2D eigenvalue weighted by Gasteiger charge is 2.16. The Balaban J connectivity index is 1.72. The lowest BCUT2D eigenvalue weighted by atomic mass is 10.2. The number of rotatable bonds is 8. The second-order valence-corrected chi connectivity index (χ2v) is 7.84. The molecule has 0 fully saturated rings. The number of thioether (sulfide) groups is 1. The van der Waals surface area contributed by atoms with Gasteiger partial charge in [-0.25, -0.2) is 0 Å². The molecule has 0 radical (unpaired) electrons. The fraction of sp³-hybridized carbons (Fsp3) is 0.250. The first kappa shape index (κ1) is 22.3. The number of carbonyl (C=O) groups excluding carboxylic acids is 1. The lowest BCUT2D eigenvalue weighted by molar-refractivity contribution is -0.113. The summed E-state index contributed by atoms with van der Waals surface area (Å²) in [6.45, 7) is 2.64. The van der Waals surface area contributed by atoms with E-state index in [1.807, 2.05) is 29.7 Å². The topological polar surface area (TPSA) is 78.3 Å². The van der Waals surface area contributed by atoms with Crippen LogP contribution in [0.4, 0.5) is 5.69 Å². The van der Waals surface area contributed by atoms with Crippen molar-refractivity contribution in [2.45, 2.75) is 18.6 Å². The standard InChI is InChI=1S/C20H20Cl2N4O3S/c1-4-26-19(12-5-8-16(28-2)17(9-12)29-3)24-25-20(26)30-11-18(27)23-13-6-7-14(21)15(22)10-13/h5-10H,4,11H2,1-3H3,(H,23,27). The van der Waals surface area contributed by atoms with Gasteiger partial charge in [0, 0.05) is 17.8 Å². The van der Waals surface area contributed by atoms with Crippen molar-refractivity contribution in [2.24, 2.45) is 0 Å². The fourth-order valence-electron chi connectivity index (χ4n) is 2.77. The molecule has 0 unspecified atom stereocenters. The number of anilines is 1. The highest BCUT2D eigenvalue weighted by molar-refractivity contribution is 7.99. The summed E-state index contributed by atoms with van der Waals surface area (Å²) in [6.07, 6.45) is 0. The summed E-state index contributed by atoms with van der Waals surface area (Å²) in [5.74, 6) is 1.92. The molecule has 30 heavy (non-hydrogen) atoms. The van der Waals surface area contributed by atoms with Gasteiger partial charge in [0.2, 0.25) is 5.91 Å². The molecule has 0 aliphatic rings. The molecule has 1 aromatic heterocycles. The highest BCUT2D eigenvalue weighted by Crippen LogP contribution is 2.33. The zero-order valence-corrected chi connectivity index (χ0v) is 18.9. The summed E-state index contributed by atoms with van der Waals surface area (Å²) in [5, 5.41) is 12.8. The molecule has 3 rings (SSSR count). The normalized spacial score (nSPS) is 10.7. The van der Waals surface area contributed by atoms with E-state index in [2.05, 4.69) is 15.5 Å². The van der Waals surface area contributed by atoms with Crippen LogP contribution in [0.15, 0.2) is 41.6 Å². The number of hydrogen-bond donors (Lipinski definition) is 1. The average molecular weight is 467 g/mol. The third-order valence-electron chi connectivity index (χ3n) is 4.21. The van der Waals surface area contributed by atoms with E-state index in [0.717, 1.165) is 5.56 Å². The Morgan fingerprint density at radius 3 is 2.50 bits per heavy atom. The van der Waals surface area contributed by atoms with Gasteiger partial charge in [-0.2, -0.15) is 0 Å². The van der Waals surface area contributed by atoms with Gasteiger partial charge in [-0.05, 0) is 43.3 Å². The largest absolute Gasteiger partial charge is 0.493 e. The number of halogens is 2. The lowest BCUT2D eigenvalue weighted by Crippen LogP contribution is -2.14. The van der Waals surface area contributed by atoms with Gasteiger partial charge in [-0.1, -0.05) is 35.0 Å². The molecule has 0 aliphatic heterocycles. The van der Waals surface area contributed by atoms with Gasteiger partial charge in [0.25, 0.3) is 0 Å². The number of amides is 1. The minimum absolute atomic E-state index is 0.171. The van der Waals surface area contributed by atoms with Gasteiger partial charge in [0.05, 0.1) is 30.0 Å². The maximum absolute atomic E-state index is 12.3. The van der Waals surface area contributed by atoms with Crippen LogP contribution >= 0.6 is 35.0 Å². The minimum atomic E-state index is -0.184. The van der Waals surface area contributed by atoms with Gasteiger partial charge in [-0.3, -0.25) is 4.79 Å².